The van der Waals surface area contributed by atoms with E-state index >= 15 is 0 Å². The Balaban J connectivity index is 1.89. The van der Waals surface area contributed by atoms with E-state index in [1.54, 1.807) is 0 Å². The van der Waals surface area contributed by atoms with Crippen LogP contribution in [0.3, 0.4) is 0 Å². The van der Waals surface area contributed by atoms with Gasteiger partial charge in [0, 0.05) is 0 Å². The highest BCUT2D eigenvalue weighted by Gasteiger charge is 2.32. The van der Waals surface area contributed by atoms with Crippen LogP contribution in [0.25, 0.3) is 0 Å². The number of hydrogen-bond donors (Lipinski definition) is 0. The molecule has 21 heavy (non-hydrogen) atoms. The molecule has 2 rings (SSSR count). The lowest BCUT2D eigenvalue weighted by molar-refractivity contribution is -0.163. The van der Waals surface area contributed by atoms with Gasteiger partial charge in [0.1, 0.15) is 0 Å². The zero-order valence-corrected chi connectivity index (χ0v) is 13.3. The third-order valence-corrected chi connectivity index (χ3v) is 5.09. The quantitative estimate of drug-likeness (QED) is 0.477. The van der Waals surface area contributed by atoms with Crippen LogP contribution in [-0.2, 0) is 14.3 Å². The van der Waals surface area contributed by atoms with Gasteiger partial charge in [-0.15, -0.1) is 0 Å². The Morgan fingerprint density at radius 1 is 0.524 bits per heavy atom. The number of fused-ring (bicyclic) bond motifs is 3. The molecule has 2 atom stereocenters. The number of esters is 2. The largest absolute Gasteiger partial charge is 0.393 e. The molecule has 3 heteroatoms. The molecule has 2 aliphatic rings. The first-order chi connectivity index (χ1) is 10.3. The van der Waals surface area contributed by atoms with Crippen molar-refractivity contribution in [2.24, 2.45) is 11.8 Å². The first-order valence-electron chi connectivity index (χ1n) is 9.03. The summed E-state index contributed by atoms with van der Waals surface area (Å²) in [5.74, 6) is -0.586. The summed E-state index contributed by atoms with van der Waals surface area (Å²) < 4.78 is 5.08. The molecule has 1 saturated heterocycles. The van der Waals surface area contributed by atoms with Gasteiger partial charge in [0.05, 0.1) is 11.8 Å². The maximum atomic E-state index is 12.0. The molecule has 0 amide bonds. The molecular weight excluding hydrogens is 264 g/mol. The number of carbonyl (C=O) groups excluding carboxylic acids is 2. The second-order valence-electron chi connectivity index (χ2n) is 6.82. The molecule has 1 aliphatic heterocycles. The molecule has 1 saturated carbocycles. The van der Waals surface area contributed by atoms with Gasteiger partial charge in [-0.2, -0.15) is 0 Å². The van der Waals surface area contributed by atoms with E-state index in [9.17, 15) is 9.59 Å². The summed E-state index contributed by atoms with van der Waals surface area (Å²) in [4.78, 5) is 24.0. The normalized spacial score (nSPS) is 30.7. The van der Waals surface area contributed by atoms with Crippen molar-refractivity contribution in [2.45, 2.75) is 89.9 Å². The highest BCUT2D eigenvalue weighted by Crippen LogP contribution is 2.28. The highest BCUT2D eigenvalue weighted by molar-refractivity contribution is 5.88. The van der Waals surface area contributed by atoms with Crippen LogP contribution in [0, 0.1) is 11.8 Å². The lowest BCUT2D eigenvalue weighted by Crippen LogP contribution is -2.20. The van der Waals surface area contributed by atoms with Crippen LogP contribution >= 0.6 is 0 Å². The van der Waals surface area contributed by atoms with Crippen LogP contribution in [-0.4, -0.2) is 11.9 Å². The molecule has 0 spiro atoms. The molecule has 0 N–H and O–H groups in total. The minimum Gasteiger partial charge on any atom is -0.393 e. The van der Waals surface area contributed by atoms with Crippen molar-refractivity contribution in [2.75, 3.05) is 0 Å². The fourth-order valence-electron chi connectivity index (χ4n) is 3.62. The van der Waals surface area contributed by atoms with Crippen molar-refractivity contribution in [3.8, 4) is 0 Å². The van der Waals surface area contributed by atoms with Gasteiger partial charge >= 0.3 is 11.9 Å². The Hall–Kier alpha value is -0.860. The maximum absolute atomic E-state index is 12.0. The maximum Gasteiger partial charge on any atom is 0.316 e. The topological polar surface area (TPSA) is 43.4 Å². The van der Waals surface area contributed by atoms with Gasteiger partial charge in [-0.3, -0.25) is 9.59 Å². The van der Waals surface area contributed by atoms with E-state index in [1.807, 2.05) is 0 Å². The average Bonchev–Trinajstić information content (AvgIpc) is 2.58. The number of ether oxygens (including phenoxy) is 1. The van der Waals surface area contributed by atoms with E-state index in [2.05, 4.69) is 0 Å². The predicted molar refractivity (Wildman–Crippen MR) is 82.7 cm³/mol. The van der Waals surface area contributed by atoms with Crippen LogP contribution in [0.15, 0.2) is 0 Å². The monoisotopic (exact) mass is 294 g/mol. The average molecular weight is 294 g/mol. The van der Waals surface area contributed by atoms with Crippen LogP contribution in [0.2, 0.25) is 0 Å². The van der Waals surface area contributed by atoms with E-state index < -0.39 is 0 Å². The minimum atomic E-state index is -0.258. The molecule has 2 fully saturated rings. The summed E-state index contributed by atoms with van der Waals surface area (Å²) in [5, 5.41) is 0. The molecule has 2 unspecified atom stereocenters. The first-order valence-corrected chi connectivity index (χ1v) is 9.03. The zero-order valence-electron chi connectivity index (χ0n) is 13.3. The van der Waals surface area contributed by atoms with Crippen molar-refractivity contribution < 1.29 is 14.3 Å². The van der Waals surface area contributed by atoms with E-state index in [0.717, 1.165) is 38.5 Å². The number of carbonyl (C=O) groups is 2. The Bertz CT molecular complexity index is 305. The van der Waals surface area contributed by atoms with Gasteiger partial charge in [0.15, 0.2) is 0 Å². The molecule has 3 nitrogen and oxygen atoms in total. The lowest BCUT2D eigenvalue weighted by Gasteiger charge is -2.12. The second-order valence-corrected chi connectivity index (χ2v) is 6.82. The molecule has 1 aliphatic carbocycles. The van der Waals surface area contributed by atoms with Gasteiger partial charge in [-0.05, 0) is 25.7 Å². The van der Waals surface area contributed by atoms with Crippen molar-refractivity contribution in [1.29, 1.82) is 0 Å². The highest BCUT2D eigenvalue weighted by atomic mass is 16.6. The third kappa shape index (κ3) is 5.80. The van der Waals surface area contributed by atoms with E-state index in [-0.39, 0.29) is 23.8 Å². The van der Waals surface area contributed by atoms with Crippen molar-refractivity contribution >= 4 is 11.9 Å². The van der Waals surface area contributed by atoms with E-state index in [1.165, 1.54) is 51.4 Å². The van der Waals surface area contributed by atoms with Gasteiger partial charge in [0.2, 0.25) is 0 Å². The number of cyclic esters (lactones) is 2. The summed E-state index contributed by atoms with van der Waals surface area (Å²) in [5.41, 5.74) is 0. The van der Waals surface area contributed by atoms with Gasteiger partial charge < -0.3 is 4.74 Å². The summed E-state index contributed by atoms with van der Waals surface area (Å²) in [6.07, 6.45) is 16.0. The minimum absolute atomic E-state index is 0.0353. The number of rotatable bonds is 0. The Morgan fingerprint density at radius 3 is 1.24 bits per heavy atom. The summed E-state index contributed by atoms with van der Waals surface area (Å²) in [7, 11) is 0. The summed E-state index contributed by atoms with van der Waals surface area (Å²) >= 11 is 0. The van der Waals surface area contributed by atoms with Crippen molar-refractivity contribution in [1.82, 2.24) is 0 Å². The second kappa shape index (κ2) is 9.22. The van der Waals surface area contributed by atoms with E-state index in [0.29, 0.717) is 0 Å². The fraction of sp³-hybridized carbons (Fsp3) is 0.889. The molecule has 1 heterocycles. The standard InChI is InChI=1S/C18H30O3/c19-17-15-11-9-7-5-3-1-2-4-6-8-10-12-16(14-13-15)18(20)21-17/h15-16H,1-14H2. The van der Waals surface area contributed by atoms with Gasteiger partial charge in [-0.1, -0.05) is 64.2 Å². The Kier molecular flexibility index (Phi) is 7.25. The SMILES string of the molecule is O=C1OC(=O)C2CCCCCCCCCCCCC1CC2. The summed E-state index contributed by atoms with van der Waals surface area (Å²) in [6, 6.07) is 0. The first kappa shape index (κ1) is 16.5. The van der Waals surface area contributed by atoms with Crippen molar-refractivity contribution in [3.05, 3.63) is 0 Å². The van der Waals surface area contributed by atoms with E-state index in [4.69, 9.17) is 4.74 Å². The Morgan fingerprint density at radius 2 is 0.857 bits per heavy atom. The van der Waals surface area contributed by atoms with Gasteiger partial charge in [0.25, 0.3) is 0 Å². The van der Waals surface area contributed by atoms with Crippen LogP contribution in [0.4, 0.5) is 0 Å². The molecular formula is C18H30O3. The molecule has 0 aromatic rings. The van der Waals surface area contributed by atoms with Gasteiger partial charge in [-0.25, -0.2) is 0 Å². The number of hydrogen-bond acceptors (Lipinski definition) is 3. The van der Waals surface area contributed by atoms with Crippen LogP contribution in [0.5, 0.6) is 0 Å². The predicted octanol–water partition coefficient (Wildman–Crippen LogP) is 4.78. The fourth-order valence-corrected chi connectivity index (χ4v) is 3.62. The van der Waals surface area contributed by atoms with Crippen molar-refractivity contribution in [3.63, 3.8) is 0 Å². The third-order valence-electron chi connectivity index (χ3n) is 5.09. The molecule has 0 radical (unpaired) electrons. The van der Waals surface area contributed by atoms with Crippen LogP contribution < -0.4 is 0 Å². The molecule has 120 valence electrons. The van der Waals surface area contributed by atoms with Crippen LogP contribution in [0.1, 0.15) is 89.9 Å². The zero-order chi connectivity index (χ0) is 14.9. The summed E-state index contributed by atoms with van der Waals surface area (Å²) in [6.45, 7) is 0. The molecule has 0 aromatic carbocycles. The lowest BCUT2D eigenvalue weighted by atomic mass is 9.90. The smallest absolute Gasteiger partial charge is 0.316 e. The Labute approximate surface area is 128 Å². The molecule has 0 aromatic heterocycles. The molecule has 2 bridgehead atoms.